The monoisotopic (exact) mass is 199 g/mol. The van der Waals surface area contributed by atoms with E-state index >= 15 is 0 Å². The van der Waals surface area contributed by atoms with Crippen LogP contribution in [0.3, 0.4) is 0 Å². The number of nitrogens with zero attached hydrogens (tertiary/aromatic N) is 1. The van der Waals surface area contributed by atoms with E-state index in [1.807, 2.05) is 0 Å². The van der Waals surface area contributed by atoms with Gasteiger partial charge in [0.1, 0.15) is 11.1 Å². The van der Waals surface area contributed by atoms with Crippen molar-refractivity contribution in [3.63, 3.8) is 0 Å². The first-order valence-corrected chi connectivity index (χ1v) is 5.07. The fourth-order valence-electron chi connectivity index (χ4n) is 1.11. The molecule has 0 spiro atoms. The smallest absolute Gasteiger partial charge is 0.161 e. The van der Waals surface area contributed by atoms with Crippen LogP contribution in [0.15, 0.2) is 6.20 Å². The van der Waals surface area contributed by atoms with Crippen molar-refractivity contribution in [2.24, 2.45) is 0 Å². The predicted octanol–water partition coefficient (Wildman–Crippen LogP) is 2.44. The van der Waals surface area contributed by atoms with E-state index in [0.717, 1.165) is 24.1 Å². The van der Waals surface area contributed by atoms with Gasteiger partial charge in [0.2, 0.25) is 0 Å². The predicted molar refractivity (Wildman–Crippen MR) is 52.2 cm³/mol. The molecule has 0 aliphatic rings. The van der Waals surface area contributed by atoms with Crippen molar-refractivity contribution in [3.05, 3.63) is 16.1 Å². The van der Waals surface area contributed by atoms with Crippen molar-refractivity contribution in [1.82, 2.24) is 4.98 Å². The molecule has 1 unspecified atom stereocenters. The van der Waals surface area contributed by atoms with E-state index in [2.05, 4.69) is 11.9 Å². The number of aromatic nitrogens is 1. The lowest BCUT2D eigenvalue weighted by Gasteiger charge is -2.09. The van der Waals surface area contributed by atoms with Gasteiger partial charge in [-0.2, -0.15) is 0 Å². The number of aldehydes is 1. The van der Waals surface area contributed by atoms with Gasteiger partial charge in [-0.3, -0.25) is 4.79 Å². The Morgan fingerprint density at radius 1 is 1.77 bits per heavy atom. The second kappa shape index (κ2) is 5.09. The van der Waals surface area contributed by atoms with Gasteiger partial charge in [-0.1, -0.05) is 13.3 Å². The van der Waals surface area contributed by atoms with Gasteiger partial charge in [0.15, 0.2) is 6.29 Å². The average molecular weight is 199 g/mol. The summed E-state index contributed by atoms with van der Waals surface area (Å²) in [5, 5.41) is 0.895. The molecular weight excluding hydrogens is 186 g/mol. The highest BCUT2D eigenvalue weighted by molar-refractivity contribution is 7.13. The third-order valence-corrected chi connectivity index (χ3v) is 2.78. The number of hydrogen-bond donors (Lipinski definition) is 0. The van der Waals surface area contributed by atoms with E-state index in [4.69, 9.17) is 4.74 Å². The van der Waals surface area contributed by atoms with Crippen molar-refractivity contribution in [3.8, 4) is 0 Å². The highest BCUT2D eigenvalue weighted by Crippen LogP contribution is 2.25. The summed E-state index contributed by atoms with van der Waals surface area (Å²) in [6.07, 6.45) is 4.45. The molecule has 1 heterocycles. The molecule has 1 aromatic rings. The summed E-state index contributed by atoms with van der Waals surface area (Å²) in [4.78, 5) is 15.2. The van der Waals surface area contributed by atoms with Crippen molar-refractivity contribution >= 4 is 17.6 Å². The van der Waals surface area contributed by atoms with Gasteiger partial charge >= 0.3 is 0 Å². The second-order valence-electron chi connectivity index (χ2n) is 2.73. The Bertz CT molecular complexity index is 272. The van der Waals surface area contributed by atoms with Gasteiger partial charge < -0.3 is 4.74 Å². The Kier molecular flexibility index (Phi) is 4.05. The summed E-state index contributed by atoms with van der Waals surface area (Å²) in [6.45, 7) is 2.10. The van der Waals surface area contributed by atoms with Crippen LogP contribution in [0.4, 0.5) is 0 Å². The number of hydrogen-bond acceptors (Lipinski definition) is 4. The summed E-state index contributed by atoms with van der Waals surface area (Å²) in [6, 6.07) is 0. The van der Waals surface area contributed by atoms with Crippen molar-refractivity contribution in [2.45, 2.75) is 25.9 Å². The molecule has 1 rings (SSSR count). The lowest BCUT2D eigenvalue weighted by atomic mass is 10.2. The molecule has 0 saturated heterocycles. The maximum atomic E-state index is 10.4. The summed E-state index contributed by atoms with van der Waals surface area (Å²) < 4.78 is 5.27. The summed E-state index contributed by atoms with van der Waals surface area (Å²) >= 11 is 1.40. The van der Waals surface area contributed by atoms with Crippen LogP contribution < -0.4 is 0 Å². The zero-order valence-corrected chi connectivity index (χ0v) is 8.63. The molecule has 4 heteroatoms. The highest BCUT2D eigenvalue weighted by atomic mass is 32.1. The Balaban J connectivity index is 2.72. The Hall–Kier alpha value is -0.740. The number of methoxy groups -OCH3 is 1. The highest BCUT2D eigenvalue weighted by Gasteiger charge is 2.13. The SMILES string of the molecule is CCCC(OC)c1ncc(C=O)s1. The summed E-state index contributed by atoms with van der Waals surface area (Å²) in [7, 11) is 1.67. The lowest BCUT2D eigenvalue weighted by Crippen LogP contribution is -1.99. The van der Waals surface area contributed by atoms with Gasteiger partial charge in [0.25, 0.3) is 0 Å². The molecule has 3 nitrogen and oxygen atoms in total. The molecule has 1 atom stereocenters. The van der Waals surface area contributed by atoms with Crippen LogP contribution in [0.2, 0.25) is 0 Å². The molecule has 0 N–H and O–H groups in total. The lowest BCUT2D eigenvalue weighted by molar-refractivity contribution is 0.0947. The van der Waals surface area contributed by atoms with E-state index in [-0.39, 0.29) is 6.10 Å². The Morgan fingerprint density at radius 3 is 3.00 bits per heavy atom. The number of ether oxygens (including phenoxy) is 1. The molecule has 0 amide bonds. The minimum Gasteiger partial charge on any atom is -0.374 e. The fourth-order valence-corrected chi connectivity index (χ4v) is 1.95. The minimum absolute atomic E-state index is 0.0451. The topological polar surface area (TPSA) is 39.2 Å². The fraction of sp³-hybridized carbons (Fsp3) is 0.556. The van der Waals surface area contributed by atoms with Crippen molar-refractivity contribution in [1.29, 1.82) is 0 Å². The first-order valence-electron chi connectivity index (χ1n) is 4.25. The van der Waals surface area contributed by atoms with Gasteiger partial charge in [-0.15, -0.1) is 11.3 Å². The van der Waals surface area contributed by atoms with Crippen LogP contribution in [0.5, 0.6) is 0 Å². The van der Waals surface area contributed by atoms with E-state index in [1.165, 1.54) is 11.3 Å². The minimum atomic E-state index is 0.0451. The maximum absolute atomic E-state index is 10.4. The van der Waals surface area contributed by atoms with E-state index < -0.39 is 0 Å². The second-order valence-corrected chi connectivity index (χ2v) is 3.83. The molecule has 0 bridgehead atoms. The van der Waals surface area contributed by atoms with E-state index in [0.29, 0.717) is 4.88 Å². The first kappa shape index (κ1) is 10.3. The number of rotatable bonds is 5. The molecule has 0 aliphatic carbocycles. The molecule has 0 fully saturated rings. The van der Waals surface area contributed by atoms with Gasteiger partial charge in [-0.05, 0) is 6.42 Å². The van der Waals surface area contributed by atoms with Crippen molar-refractivity contribution in [2.75, 3.05) is 7.11 Å². The molecule has 0 aromatic carbocycles. The van der Waals surface area contributed by atoms with Crippen LogP contribution in [0, 0.1) is 0 Å². The van der Waals surface area contributed by atoms with Crippen LogP contribution in [-0.2, 0) is 4.74 Å². The largest absolute Gasteiger partial charge is 0.374 e. The number of carbonyl (C=O) groups excluding carboxylic acids is 1. The quantitative estimate of drug-likeness (QED) is 0.684. The van der Waals surface area contributed by atoms with Gasteiger partial charge in [-0.25, -0.2) is 4.98 Å². The van der Waals surface area contributed by atoms with Gasteiger partial charge in [0.05, 0.1) is 4.88 Å². The molecule has 0 radical (unpaired) electrons. The molecule has 13 heavy (non-hydrogen) atoms. The first-order chi connectivity index (χ1) is 6.31. The Labute approximate surface area is 81.8 Å². The average Bonchev–Trinajstić information content (AvgIpc) is 2.62. The molecule has 1 aromatic heterocycles. The Morgan fingerprint density at radius 2 is 2.54 bits per heavy atom. The molecule has 0 saturated carbocycles. The maximum Gasteiger partial charge on any atom is 0.161 e. The van der Waals surface area contributed by atoms with Crippen LogP contribution >= 0.6 is 11.3 Å². The summed E-state index contributed by atoms with van der Waals surface area (Å²) in [5.41, 5.74) is 0. The van der Waals surface area contributed by atoms with Crippen LogP contribution in [0.25, 0.3) is 0 Å². The van der Waals surface area contributed by atoms with E-state index in [9.17, 15) is 4.79 Å². The van der Waals surface area contributed by atoms with Gasteiger partial charge in [0, 0.05) is 13.3 Å². The summed E-state index contributed by atoms with van der Waals surface area (Å²) in [5.74, 6) is 0. The van der Waals surface area contributed by atoms with Crippen LogP contribution in [-0.4, -0.2) is 18.4 Å². The normalized spacial score (nSPS) is 12.8. The van der Waals surface area contributed by atoms with Crippen LogP contribution in [0.1, 0.15) is 40.5 Å². The molecule has 0 aliphatic heterocycles. The standard InChI is InChI=1S/C9H13NO2S/c1-3-4-8(12-2)9-10-5-7(6-11)13-9/h5-6,8H,3-4H2,1-2H3. The number of thiazole rings is 1. The molecular formula is C9H13NO2S. The van der Waals surface area contributed by atoms with Crippen molar-refractivity contribution < 1.29 is 9.53 Å². The zero-order valence-electron chi connectivity index (χ0n) is 7.82. The zero-order chi connectivity index (χ0) is 9.68. The number of carbonyl (C=O) groups is 1. The third kappa shape index (κ3) is 2.60. The van der Waals surface area contributed by atoms with E-state index in [1.54, 1.807) is 13.3 Å². The molecule has 72 valence electrons. The third-order valence-electron chi connectivity index (χ3n) is 1.77.